The van der Waals surface area contributed by atoms with Gasteiger partial charge in [0.05, 0.1) is 11.9 Å². The fourth-order valence-electron chi connectivity index (χ4n) is 1.79. The number of hydrogen-bond donors (Lipinski definition) is 0. The lowest BCUT2D eigenvalue weighted by molar-refractivity contribution is -0.138. The van der Waals surface area contributed by atoms with Crippen LogP contribution in [0.1, 0.15) is 28.7 Å². The zero-order valence-electron chi connectivity index (χ0n) is 10.7. The van der Waals surface area contributed by atoms with Gasteiger partial charge >= 0.3 is 12.3 Å². The summed E-state index contributed by atoms with van der Waals surface area (Å²) in [5.41, 5.74) is 0.721. The number of ketones is 1. The topological polar surface area (TPSA) is 22.0 Å². The van der Waals surface area contributed by atoms with Crippen molar-refractivity contribution < 1.29 is 22.4 Å². The zero-order chi connectivity index (χ0) is 15.0. The van der Waals surface area contributed by atoms with E-state index in [1.165, 1.54) is 26.8 Å². The van der Waals surface area contributed by atoms with Gasteiger partial charge in [0.2, 0.25) is 0 Å². The molecule has 1 aromatic rings. The van der Waals surface area contributed by atoms with Crippen LogP contribution < -0.4 is 0 Å². The van der Waals surface area contributed by atoms with Crippen molar-refractivity contribution in [3.8, 4) is 0 Å². The van der Waals surface area contributed by atoms with Gasteiger partial charge in [-0.3, -0.25) is 4.79 Å². The van der Waals surface area contributed by atoms with E-state index in [0.29, 0.717) is 5.69 Å². The summed E-state index contributed by atoms with van der Waals surface area (Å²) in [6, 6.07) is 1.39. The van der Waals surface area contributed by atoms with E-state index in [2.05, 4.69) is 0 Å². The first-order chi connectivity index (χ1) is 8.58. The fourth-order valence-corrected chi connectivity index (χ4v) is 1.91. The molecule has 0 bridgehead atoms. The standard InChI is InChI=1S/C12H14ClF4NO/c1-6-4-9(10(19)7(2)13)8(3)18(6)5-12(16,17)11(14)15/h4,7,11H,5H2,1-3H3. The van der Waals surface area contributed by atoms with Gasteiger partial charge in [-0.05, 0) is 26.8 Å². The summed E-state index contributed by atoms with van der Waals surface area (Å²) >= 11 is 5.65. The van der Waals surface area contributed by atoms with E-state index in [0.717, 1.165) is 4.57 Å². The number of aromatic nitrogens is 1. The maximum absolute atomic E-state index is 13.1. The molecule has 1 atom stereocenters. The molecule has 0 amide bonds. The van der Waals surface area contributed by atoms with Crippen molar-refractivity contribution >= 4 is 17.4 Å². The molecule has 19 heavy (non-hydrogen) atoms. The maximum atomic E-state index is 13.1. The summed E-state index contributed by atoms with van der Waals surface area (Å²) in [7, 11) is 0. The SMILES string of the molecule is Cc1cc(C(=O)C(C)Cl)c(C)n1CC(F)(F)C(F)F. The van der Waals surface area contributed by atoms with Crippen LogP contribution in [0.25, 0.3) is 0 Å². The number of Topliss-reactive ketones (excluding diaryl/α,β-unsaturated/α-hetero) is 1. The molecule has 7 heteroatoms. The minimum absolute atomic E-state index is 0.185. The number of carbonyl (C=O) groups excluding carboxylic acids is 1. The minimum Gasteiger partial charge on any atom is -0.342 e. The van der Waals surface area contributed by atoms with Crippen LogP contribution in [0.3, 0.4) is 0 Å². The number of carbonyl (C=O) groups is 1. The Kier molecular flexibility index (Phi) is 4.66. The minimum atomic E-state index is -4.14. The number of alkyl halides is 5. The Labute approximate surface area is 113 Å². The van der Waals surface area contributed by atoms with Gasteiger partial charge in [0.15, 0.2) is 5.78 Å². The van der Waals surface area contributed by atoms with E-state index in [1.807, 2.05) is 0 Å². The molecule has 0 aromatic carbocycles. The molecular weight excluding hydrogens is 286 g/mol. The van der Waals surface area contributed by atoms with Crippen LogP contribution in [0.5, 0.6) is 0 Å². The lowest BCUT2D eigenvalue weighted by Gasteiger charge is -2.18. The van der Waals surface area contributed by atoms with Gasteiger partial charge in [-0.2, -0.15) is 8.78 Å². The summed E-state index contributed by atoms with van der Waals surface area (Å²) in [6.45, 7) is 3.21. The van der Waals surface area contributed by atoms with Crippen LogP contribution in [-0.2, 0) is 6.54 Å². The Morgan fingerprint density at radius 3 is 2.37 bits per heavy atom. The molecule has 0 saturated heterocycles. The first kappa shape index (κ1) is 16.0. The van der Waals surface area contributed by atoms with E-state index in [-0.39, 0.29) is 11.3 Å². The van der Waals surface area contributed by atoms with Crippen molar-refractivity contribution in [2.24, 2.45) is 0 Å². The zero-order valence-corrected chi connectivity index (χ0v) is 11.4. The van der Waals surface area contributed by atoms with Gasteiger partial charge in [-0.1, -0.05) is 0 Å². The van der Waals surface area contributed by atoms with E-state index in [9.17, 15) is 22.4 Å². The van der Waals surface area contributed by atoms with Crippen LogP contribution in [0.4, 0.5) is 17.6 Å². The smallest absolute Gasteiger partial charge is 0.324 e. The highest BCUT2D eigenvalue weighted by atomic mass is 35.5. The van der Waals surface area contributed by atoms with Crippen molar-refractivity contribution in [2.75, 3.05) is 0 Å². The summed E-state index contributed by atoms with van der Waals surface area (Å²) in [5, 5.41) is -0.801. The average Bonchev–Trinajstić information content (AvgIpc) is 2.55. The number of halogens is 5. The highest BCUT2D eigenvalue weighted by molar-refractivity contribution is 6.33. The van der Waals surface area contributed by atoms with E-state index < -0.39 is 30.1 Å². The molecule has 1 unspecified atom stereocenters. The van der Waals surface area contributed by atoms with Crippen molar-refractivity contribution in [3.63, 3.8) is 0 Å². The van der Waals surface area contributed by atoms with Crippen molar-refractivity contribution in [1.29, 1.82) is 0 Å². The highest BCUT2D eigenvalue weighted by Gasteiger charge is 2.41. The van der Waals surface area contributed by atoms with Gasteiger partial charge in [-0.25, -0.2) is 8.78 Å². The van der Waals surface area contributed by atoms with Gasteiger partial charge < -0.3 is 4.57 Å². The fraction of sp³-hybridized carbons (Fsp3) is 0.583. The summed E-state index contributed by atoms with van der Waals surface area (Å²) < 4.78 is 51.6. The Hall–Kier alpha value is -1.04. The Morgan fingerprint density at radius 2 is 1.95 bits per heavy atom. The summed E-state index contributed by atoms with van der Waals surface area (Å²) in [4.78, 5) is 11.7. The van der Waals surface area contributed by atoms with Crippen LogP contribution >= 0.6 is 11.6 Å². The normalized spacial score (nSPS) is 13.9. The third-order valence-corrected chi connectivity index (χ3v) is 3.09. The predicted octanol–water partition coefficient (Wildman–Crippen LogP) is 3.82. The monoisotopic (exact) mass is 299 g/mol. The second-order valence-corrected chi connectivity index (χ2v) is 5.07. The molecule has 0 N–H and O–H groups in total. The molecule has 0 spiro atoms. The molecule has 0 aliphatic carbocycles. The first-order valence-corrected chi connectivity index (χ1v) is 6.02. The largest absolute Gasteiger partial charge is 0.342 e. The lowest BCUT2D eigenvalue weighted by Crippen LogP contribution is -2.33. The third-order valence-electron chi connectivity index (χ3n) is 2.89. The second-order valence-electron chi connectivity index (χ2n) is 4.41. The van der Waals surface area contributed by atoms with E-state index in [1.54, 1.807) is 0 Å². The van der Waals surface area contributed by atoms with Gasteiger partial charge in [-0.15, -0.1) is 11.6 Å². The highest BCUT2D eigenvalue weighted by Crippen LogP contribution is 2.28. The molecule has 0 aliphatic rings. The molecule has 108 valence electrons. The van der Waals surface area contributed by atoms with Crippen molar-refractivity contribution in [2.45, 2.75) is 45.0 Å². The van der Waals surface area contributed by atoms with E-state index in [4.69, 9.17) is 11.6 Å². The molecule has 1 heterocycles. The second kappa shape index (κ2) is 5.53. The van der Waals surface area contributed by atoms with Crippen molar-refractivity contribution in [1.82, 2.24) is 4.57 Å². The molecule has 1 aromatic heterocycles. The van der Waals surface area contributed by atoms with Gasteiger partial charge in [0.25, 0.3) is 0 Å². The molecular formula is C12H14ClF4NO. The van der Waals surface area contributed by atoms with Gasteiger partial charge in [0, 0.05) is 17.0 Å². The van der Waals surface area contributed by atoms with Crippen LogP contribution in [0, 0.1) is 13.8 Å². The van der Waals surface area contributed by atoms with Gasteiger partial charge in [0.1, 0.15) is 0 Å². The Bertz CT molecular complexity index is 482. The molecule has 0 fully saturated rings. The number of aryl methyl sites for hydroxylation is 1. The number of rotatable bonds is 5. The molecule has 0 radical (unpaired) electrons. The molecule has 2 nitrogen and oxygen atoms in total. The quantitative estimate of drug-likeness (QED) is 0.460. The third kappa shape index (κ3) is 3.29. The molecule has 0 saturated carbocycles. The lowest BCUT2D eigenvalue weighted by atomic mass is 10.1. The Morgan fingerprint density at radius 1 is 1.42 bits per heavy atom. The number of hydrogen-bond acceptors (Lipinski definition) is 1. The first-order valence-electron chi connectivity index (χ1n) is 5.59. The maximum Gasteiger partial charge on any atom is 0.324 e. The molecule has 0 aliphatic heterocycles. The Balaban J connectivity index is 3.15. The summed E-state index contributed by atoms with van der Waals surface area (Å²) in [6.07, 6.45) is -3.75. The van der Waals surface area contributed by atoms with Crippen LogP contribution in [-0.4, -0.2) is 28.1 Å². The summed E-state index contributed by atoms with van der Waals surface area (Å²) in [5.74, 6) is -4.55. The van der Waals surface area contributed by atoms with Crippen molar-refractivity contribution in [3.05, 3.63) is 23.0 Å². The van der Waals surface area contributed by atoms with Crippen LogP contribution in [0.15, 0.2) is 6.07 Å². The average molecular weight is 300 g/mol. The van der Waals surface area contributed by atoms with E-state index >= 15 is 0 Å². The number of nitrogens with zero attached hydrogens (tertiary/aromatic N) is 1. The van der Waals surface area contributed by atoms with Crippen LogP contribution in [0.2, 0.25) is 0 Å². The molecule has 1 rings (SSSR count). The predicted molar refractivity (Wildman–Crippen MR) is 64.5 cm³/mol.